The first-order valence-corrected chi connectivity index (χ1v) is 9.46. The van der Waals surface area contributed by atoms with Gasteiger partial charge >= 0.3 is 5.97 Å². The summed E-state index contributed by atoms with van der Waals surface area (Å²) < 4.78 is 11.3. The van der Waals surface area contributed by atoms with Gasteiger partial charge in [-0.3, -0.25) is 0 Å². The lowest BCUT2D eigenvalue weighted by atomic mass is 9.93. The lowest BCUT2D eigenvalue weighted by molar-refractivity contribution is 0.0692. The molecule has 3 aromatic rings. The second kappa shape index (κ2) is 7.91. The van der Waals surface area contributed by atoms with Crippen molar-refractivity contribution in [3.8, 4) is 11.5 Å². The van der Waals surface area contributed by atoms with Gasteiger partial charge in [0.2, 0.25) is 0 Å². The summed E-state index contributed by atoms with van der Waals surface area (Å²) in [7, 11) is 1.60. The average Bonchev–Trinajstić information content (AvgIpc) is 2.98. The van der Waals surface area contributed by atoms with Gasteiger partial charge in [0.25, 0.3) is 0 Å². The molecule has 0 saturated heterocycles. The number of phenols is 1. The van der Waals surface area contributed by atoms with Crippen LogP contribution in [0.5, 0.6) is 11.5 Å². The van der Waals surface area contributed by atoms with Gasteiger partial charge in [-0.25, -0.2) is 4.79 Å². The van der Waals surface area contributed by atoms with Crippen molar-refractivity contribution < 1.29 is 24.2 Å². The van der Waals surface area contributed by atoms with Gasteiger partial charge < -0.3 is 19.4 Å². The largest absolute Gasteiger partial charge is 0.507 e. The van der Waals surface area contributed by atoms with E-state index in [9.17, 15) is 15.0 Å². The molecule has 0 atom stereocenters. The zero-order valence-corrected chi connectivity index (χ0v) is 16.1. The number of aromatic hydroxyl groups is 1. The topological polar surface area (TPSA) is 79.9 Å². The van der Waals surface area contributed by atoms with Crippen LogP contribution in [-0.2, 0) is 6.42 Å². The predicted molar refractivity (Wildman–Crippen MR) is 106 cm³/mol. The van der Waals surface area contributed by atoms with Crippen molar-refractivity contribution >= 4 is 27.9 Å². The van der Waals surface area contributed by atoms with E-state index in [1.165, 1.54) is 12.5 Å². The van der Waals surface area contributed by atoms with Crippen molar-refractivity contribution in [2.75, 3.05) is 7.11 Å². The molecule has 0 amide bonds. The standard InChI is InChI=1S/C22H26O5/c1-4-5-6-7-8-9-15-20(22(24)25)16(23)12-18-21(15)19-13(2)10-14(26-3)11-17(19)27-18/h10-12,23H,4-9H2,1-3H3,(H,24,25). The first-order valence-electron chi connectivity index (χ1n) is 9.46. The molecule has 5 heteroatoms. The molecule has 1 aromatic heterocycles. The molecule has 27 heavy (non-hydrogen) atoms. The highest BCUT2D eigenvalue weighted by molar-refractivity contribution is 6.12. The molecule has 0 aliphatic heterocycles. The number of carbonyl (C=O) groups is 1. The average molecular weight is 370 g/mol. The van der Waals surface area contributed by atoms with Crippen LogP contribution in [0.25, 0.3) is 21.9 Å². The Morgan fingerprint density at radius 1 is 1.07 bits per heavy atom. The number of aromatic carboxylic acids is 1. The molecule has 144 valence electrons. The van der Waals surface area contributed by atoms with Crippen molar-refractivity contribution in [3.05, 3.63) is 34.9 Å². The second-order valence-corrected chi connectivity index (χ2v) is 7.01. The van der Waals surface area contributed by atoms with Crippen LogP contribution in [0.4, 0.5) is 0 Å². The van der Waals surface area contributed by atoms with Crippen molar-refractivity contribution in [2.45, 2.75) is 52.4 Å². The van der Waals surface area contributed by atoms with E-state index < -0.39 is 5.97 Å². The Labute approximate surface area is 158 Å². The summed E-state index contributed by atoms with van der Waals surface area (Å²) in [5.41, 5.74) is 2.73. The molecule has 0 aliphatic rings. The molecule has 2 N–H and O–H groups in total. The minimum Gasteiger partial charge on any atom is -0.507 e. The lowest BCUT2D eigenvalue weighted by Gasteiger charge is -2.11. The molecule has 0 saturated carbocycles. The summed E-state index contributed by atoms with van der Waals surface area (Å²) in [6.07, 6.45) is 5.96. The molecule has 2 aromatic carbocycles. The Balaban J connectivity index is 2.19. The van der Waals surface area contributed by atoms with Gasteiger partial charge in [0.1, 0.15) is 28.2 Å². The zero-order valence-electron chi connectivity index (χ0n) is 16.1. The Morgan fingerprint density at radius 3 is 2.44 bits per heavy atom. The third-order valence-electron chi connectivity index (χ3n) is 5.10. The SMILES string of the molecule is CCCCCCCc1c(C(=O)O)c(O)cc2oc3cc(OC)cc(C)c3c12. The normalized spacial score (nSPS) is 11.4. The summed E-state index contributed by atoms with van der Waals surface area (Å²) in [5.74, 6) is -0.677. The quantitative estimate of drug-likeness (QED) is 0.488. The maximum absolute atomic E-state index is 11.9. The van der Waals surface area contributed by atoms with E-state index in [0.29, 0.717) is 28.9 Å². The van der Waals surface area contributed by atoms with Crippen molar-refractivity contribution in [1.82, 2.24) is 0 Å². The third-order valence-corrected chi connectivity index (χ3v) is 5.10. The fourth-order valence-electron chi connectivity index (χ4n) is 3.81. The smallest absolute Gasteiger partial charge is 0.339 e. The number of ether oxygens (including phenoxy) is 1. The summed E-state index contributed by atoms with van der Waals surface area (Å²) >= 11 is 0. The number of furan rings is 1. The van der Waals surface area contributed by atoms with E-state index in [0.717, 1.165) is 42.0 Å². The van der Waals surface area contributed by atoms with Gasteiger partial charge in [-0.05, 0) is 37.0 Å². The number of rotatable bonds is 8. The van der Waals surface area contributed by atoms with E-state index in [-0.39, 0.29) is 11.3 Å². The highest BCUT2D eigenvalue weighted by Crippen LogP contribution is 2.40. The van der Waals surface area contributed by atoms with Crippen molar-refractivity contribution in [3.63, 3.8) is 0 Å². The van der Waals surface area contributed by atoms with E-state index >= 15 is 0 Å². The van der Waals surface area contributed by atoms with Crippen LogP contribution in [0.2, 0.25) is 0 Å². The van der Waals surface area contributed by atoms with Crippen LogP contribution < -0.4 is 4.74 Å². The number of methoxy groups -OCH3 is 1. The number of carboxylic acid groups (broad SMARTS) is 1. The maximum Gasteiger partial charge on any atom is 0.339 e. The monoisotopic (exact) mass is 370 g/mol. The van der Waals surface area contributed by atoms with E-state index in [1.807, 2.05) is 13.0 Å². The first kappa shape index (κ1) is 19.1. The number of carboxylic acids is 1. The van der Waals surface area contributed by atoms with Crippen molar-refractivity contribution in [2.24, 2.45) is 0 Å². The number of aryl methyl sites for hydroxylation is 2. The van der Waals surface area contributed by atoms with E-state index in [2.05, 4.69) is 6.92 Å². The number of fused-ring (bicyclic) bond motifs is 3. The van der Waals surface area contributed by atoms with Crippen LogP contribution in [0.15, 0.2) is 22.6 Å². The molecule has 0 unspecified atom stereocenters. The van der Waals surface area contributed by atoms with Gasteiger partial charge in [-0.1, -0.05) is 32.6 Å². The molecule has 5 nitrogen and oxygen atoms in total. The Kier molecular flexibility index (Phi) is 5.59. The molecular weight excluding hydrogens is 344 g/mol. The molecular formula is C22H26O5. The van der Waals surface area contributed by atoms with Crippen LogP contribution in [0.3, 0.4) is 0 Å². The predicted octanol–water partition coefficient (Wildman–Crippen LogP) is 5.82. The number of benzene rings is 2. The third kappa shape index (κ3) is 3.59. The maximum atomic E-state index is 11.9. The summed E-state index contributed by atoms with van der Waals surface area (Å²) in [6, 6.07) is 5.12. The first-order chi connectivity index (χ1) is 13.0. The minimum absolute atomic E-state index is 0.0177. The molecule has 0 spiro atoms. The van der Waals surface area contributed by atoms with E-state index in [4.69, 9.17) is 9.15 Å². The minimum atomic E-state index is -1.11. The van der Waals surface area contributed by atoms with Crippen LogP contribution in [0, 0.1) is 6.92 Å². The van der Waals surface area contributed by atoms with Gasteiger partial charge in [0.05, 0.1) is 7.11 Å². The molecule has 3 rings (SSSR count). The van der Waals surface area contributed by atoms with Crippen molar-refractivity contribution in [1.29, 1.82) is 0 Å². The van der Waals surface area contributed by atoms with E-state index in [1.54, 1.807) is 13.2 Å². The Hall–Kier alpha value is -2.69. The molecule has 0 bridgehead atoms. The lowest BCUT2D eigenvalue weighted by Crippen LogP contribution is -2.04. The fraction of sp³-hybridized carbons (Fsp3) is 0.409. The van der Waals surface area contributed by atoms with Gasteiger partial charge in [0.15, 0.2) is 0 Å². The van der Waals surface area contributed by atoms with Crippen LogP contribution >= 0.6 is 0 Å². The molecule has 0 radical (unpaired) electrons. The zero-order chi connectivity index (χ0) is 19.6. The number of unbranched alkanes of at least 4 members (excludes halogenated alkanes) is 4. The van der Waals surface area contributed by atoms with Crippen LogP contribution in [-0.4, -0.2) is 23.3 Å². The van der Waals surface area contributed by atoms with Gasteiger partial charge in [-0.15, -0.1) is 0 Å². The highest BCUT2D eigenvalue weighted by Gasteiger charge is 2.23. The summed E-state index contributed by atoms with van der Waals surface area (Å²) in [5, 5.41) is 21.7. The van der Waals surface area contributed by atoms with Gasteiger partial charge in [0, 0.05) is 22.9 Å². The number of hydrogen-bond donors (Lipinski definition) is 2. The molecule has 1 heterocycles. The van der Waals surface area contributed by atoms with Crippen LogP contribution in [0.1, 0.15) is 60.5 Å². The number of hydrogen-bond acceptors (Lipinski definition) is 4. The molecule has 0 fully saturated rings. The second-order valence-electron chi connectivity index (χ2n) is 7.01. The molecule has 0 aliphatic carbocycles. The Morgan fingerprint density at radius 2 is 1.78 bits per heavy atom. The summed E-state index contributed by atoms with van der Waals surface area (Å²) in [4.78, 5) is 11.9. The fourth-order valence-corrected chi connectivity index (χ4v) is 3.81. The van der Waals surface area contributed by atoms with Gasteiger partial charge in [-0.2, -0.15) is 0 Å². The highest BCUT2D eigenvalue weighted by atomic mass is 16.5. The Bertz CT molecular complexity index is 984. The summed E-state index contributed by atoms with van der Waals surface area (Å²) in [6.45, 7) is 4.12.